The normalized spacial score (nSPS) is 23.8. The Bertz CT molecular complexity index is 419. The maximum Gasteiger partial charge on any atom is 0.410 e. The van der Waals surface area contributed by atoms with E-state index < -0.39 is 5.67 Å². The second-order valence-corrected chi connectivity index (χ2v) is 5.29. The molecule has 1 aromatic rings. The lowest BCUT2D eigenvalue weighted by atomic mass is 10.0. The van der Waals surface area contributed by atoms with Crippen molar-refractivity contribution in [2.75, 3.05) is 13.1 Å². The first-order chi connectivity index (χ1) is 9.07. The van der Waals surface area contributed by atoms with Crippen LogP contribution >= 0.6 is 0 Å². The van der Waals surface area contributed by atoms with Gasteiger partial charge in [0.05, 0.1) is 0 Å². The van der Waals surface area contributed by atoms with Crippen molar-refractivity contribution in [2.24, 2.45) is 0 Å². The van der Waals surface area contributed by atoms with Crippen molar-refractivity contribution in [1.29, 1.82) is 0 Å². The zero-order chi connectivity index (χ0) is 13.7. The molecule has 1 atom stereocenters. The van der Waals surface area contributed by atoms with E-state index in [1.165, 1.54) is 0 Å². The third-order valence-corrected chi connectivity index (χ3v) is 3.49. The van der Waals surface area contributed by atoms with E-state index in [0.717, 1.165) is 5.56 Å². The lowest BCUT2D eigenvalue weighted by molar-refractivity contribution is 0.0945. The Morgan fingerprint density at radius 2 is 2.05 bits per heavy atom. The summed E-state index contributed by atoms with van der Waals surface area (Å²) in [5.74, 6) is 0. The number of carbonyl (C=O) groups excluding carboxylic acids is 1. The molecule has 0 radical (unpaired) electrons. The van der Waals surface area contributed by atoms with Crippen LogP contribution in [0.15, 0.2) is 30.3 Å². The fraction of sp³-hybridized carbons (Fsp3) is 0.533. The van der Waals surface area contributed by atoms with Gasteiger partial charge in [-0.25, -0.2) is 9.18 Å². The zero-order valence-corrected chi connectivity index (χ0v) is 11.3. The van der Waals surface area contributed by atoms with Crippen LogP contribution in [0, 0.1) is 0 Å². The van der Waals surface area contributed by atoms with Crippen LogP contribution < -0.4 is 0 Å². The number of alkyl halides is 1. The van der Waals surface area contributed by atoms with Crippen molar-refractivity contribution in [3.63, 3.8) is 0 Å². The summed E-state index contributed by atoms with van der Waals surface area (Å²) in [5.41, 5.74) is -0.199. The Balaban J connectivity index is 1.83. The van der Waals surface area contributed by atoms with Crippen LogP contribution in [0.5, 0.6) is 0 Å². The highest BCUT2D eigenvalue weighted by molar-refractivity contribution is 5.67. The average molecular weight is 265 g/mol. The summed E-state index contributed by atoms with van der Waals surface area (Å²) in [6.07, 6.45) is 1.23. The summed E-state index contributed by atoms with van der Waals surface area (Å²) in [5, 5.41) is 0. The summed E-state index contributed by atoms with van der Waals surface area (Å²) < 4.78 is 19.1. The minimum absolute atomic E-state index is 0.267. The molecule has 1 amide bonds. The van der Waals surface area contributed by atoms with Gasteiger partial charge in [-0.15, -0.1) is 0 Å². The van der Waals surface area contributed by atoms with E-state index in [1.807, 2.05) is 30.3 Å². The fourth-order valence-electron chi connectivity index (χ4n) is 2.24. The van der Waals surface area contributed by atoms with Crippen molar-refractivity contribution in [3.8, 4) is 0 Å². The van der Waals surface area contributed by atoms with Crippen molar-refractivity contribution in [1.82, 2.24) is 4.90 Å². The van der Waals surface area contributed by atoms with Crippen LogP contribution in [0.1, 0.15) is 31.7 Å². The van der Waals surface area contributed by atoms with Gasteiger partial charge >= 0.3 is 6.09 Å². The topological polar surface area (TPSA) is 29.5 Å². The standard InChI is InChI=1S/C15H20FNO2/c1-15(16)8-5-10-17(11-9-15)14(18)19-12-13-6-3-2-4-7-13/h2-4,6-7H,5,8-12H2,1H3/t15-/m1/s1. The van der Waals surface area contributed by atoms with E-state index in [2.05, 4.69) is 0 Å². The Kier molecular flexibility index (Phi) is 4.40. The van der Waals surface area contributed by atoms with E-state index >= 15 is 0 Å². The first-order valence-corrected chi connectivity index (χ1v) is 6.71. The molecule has 0 bridgehead atoms. The van der Waals surface area contributed by atoms with Crippen molar-refractivity contribution >= 4 is 6.09 Å². The van der Waals surface area contributed by atoms with Gasteiger partial charge in [0, 0.05) is 13.1 Å². The molecule has 3 nitrogen and oxygen atoms in total. The summed E-state index contributed by atoms with van der Waals surface area (Å²) in [6.45, 7) is 2.88. The Morgan fingerprint density at radius 3 is 2.79 bits per heavy atom. The number of benzene rings is 1. The summed E-state index contributed by atoms with van der Waals surface area (Å²) >= 11 is 0. The SMILES string of the molecule is C[C@@]1(F)CCCN(C(=O)OCc2ccccc2)CC1. The number of hydrogen-bond donors (Lipinski definition) is 0. The van der Waals surface area contributed by atoms with Gasteiger partial charge in [0.1, 0.15) is 12.3 Å². The highest BCUT2D eigenvalue weighted by atomic mass is 19.1. The van der Waals surface area contributed by atoms with Gasteiger partial charge in [-0.2, -0.15) is 0 Å². The molecular weight excluding hydrogens is 245 g/mol. The Hall–Kier alpha value is -1.58. The van der Waals surface area contributed by atoms with E-state index in [0.29, 0.717) is 32.4 Å². The molecule has 1 fully saturated rings. The quantitative estimate of drug-likeness (QED) is 0.818. The van der Waals surface area contributed by atoms with Crippen LogP contribution in [0.25, 0.3) is 0 Å². The molecule has 0 aromatic heterocycles. The highest BCUT2D eigenvalue weighted by Gasteiger charge is 2.29. The molecule has 19 heavy (non-hydrogen) atoms. The second kappa shape index (κ2) is 6.04. The fourth-order valence-corrected chi connectivity index (χ4v) is 2.24. The molecule has 0 aliphatic carbocycles. The first-order valence-electron chi connectivity index (χ1n) is 6.71. The van der Waals surface area contributed by atoms with Crippen LogP contribution in [0.3, 0.4) is 0 Å². The Labute approximate surface area is 113 Å². The molecule has 1 heterocycles. The molecule has 0 N–H and O–H groups in total. The molecule has 0 unspecified atom stereocenters. The van der Waals surface area contributed by atoms with Crippen LogP contribution in [0.2, 0.25) is 0 Å². The number of rotatable bonds is 2. The van der Waals surface area contributed by atoms with Gasteiger partial charge in [-0.1, -0.05) is 30.3 Å². The summed E-state index contributed by atoms with van der Waals surface area (Å²) in [6, 6.07) is 9.55. The van der Waals surface area contributed by atoms with Crippen LogP contribution in [0.4, 0.5) is 9.18 Å². The molecule has 1 aliphatic rings. The zero-order valence-electron chi connectivity index (χ0n) is 11.3. The number of amides is 1. The second-order valence-electron chi connectivity index (χ2n) is 5.29. The minimum atomic E-state index is -1.16. The number of carbonyl (C=O) groups is 1. The molecule has 0 saturated carbocycles. The third-order valence-electron chi connectivity index (χ3n) is 3.49. The van der Waals surface area contributed by atoms with Gasteiger partial charge in [0.25, 0.3) is 0 Å². The average Bonchev–Trinajstić information content (AvgIpc) is 2.58. The van der Waals surface area contributed by atoms with Crippen molar-refractivity contribution in [3.05, 3.63) is 35.9 Å². The number of likely N-dealkylation sites (tertiary alicyclic amines) is 1. The summed E-state index contributed by atoms with van der Waals surface area (Å²) in [4.78, 5) is 13.5. The summed E-state index contributed by atoms with van der Waals surface area (Å²) in [7, 11) is 0. The minimum Gasteiger partial charge on any atom is -0.445 e. The predicted molar refractivity (Wildman–Crippen MR) is 71.6 cm³/mol. The molecule has 104 valence electrons. The monoisotopic (exact) mass is 265 g/mol. The van der Waals surface area contributed by atoms with E-state index in [-0.39, 0.29) is 12.7 Å². The highest BCUT2D eigenvalue weighted by Crippen LogP contribution is 2.25. The predicted octanol–water partition coefficient (Wildman–Crippen LogP) is 3.54. The molecular formula is C15H20FNO2. The molecule has 1 aliphatic heterocycles. The third kappa shape index (κ3) is 4.23. The first kappa shape index (κ1) is 13.8. The molecule has 0 spiro atoms. The lowest BCUT2D eigenvalue weighted by Gasteiger charge is -2.20. The molecule has 2 rings (SSSR count). The Morgan fingerprint density at radius 1 is 1.32 bits per heavy atom. The number of halogens is 1. The molecule has 1 aromatic carbocycles. The smallest absolute Gasteiger partial charge is 0.410 e. The molecule has 1 saturated heterocycles. The largest absolute Gasteiger partial charge is 0.445 e. The van der Waals surface area contributed by atoms with Crippen LogP contribution in [-0.4, -0.2) is 29.8 Å². The molecule has 4 heteroatoms. The van der Waals surface area contributed by atoms with Crippen molar-refractivity contribution in [2.45, 2.75) is 38.5 Å². The van der Waals surface area contributed by atoms with Gasteiger partial charge in [-0.3, -0.25) is 0 Å². The maximum atomic E-state index is 13.8. The van der Waals surface area contributed by atoms with E-state index in [1.54, 1.807) is 11.8 Å². The van der Waals surface area contributed by atoms with Gasteiger partial charge in [0.15, 0.2) is 0 Å². The van der Waals surface area contributed by atoms with E-state index in [9.17, 15) is 9.18 Å². The van der Waals surface area contributed by atoms with Gasteiger partial charge < -0.3 is 9.64 Å². The maximum absolute atomic E-state index is 13.8. The van der Waals surface area contributed by atoms with Gasteiger partial charge in [-0.05, 0) is 31.7 Å². The lowest BCUT2D eigenvalue weighted by Crippen LogP contribution is -2.33. The number of ether oxygens (including phenoxy) is 1. The van der Waals surface area contributed by atoms with E-state index in [4.69, 9.17) is 4.74 Å². The van der Waals surface area contributed by atoms with Gasteiger partial charge in [0.2, 0.25) is 0 Å². The number of hydrogen-bond acceptors (Lipinski definition) is 2. The van der Waals surface area contributed by atoms with Crippen molar-refractivity contribution < 1.29 is 13.9 Å². The van der Waals surface area contributed by atoms with Crippen LogP contribution in [-0.2, 0) is 11.3 Å². The number of nitrogens with zero attached hydrogens (tertiary/aromatic N) is 1.